The minimum Gasteiger partial charge on any atom is -0.507 e. The Hall–Kier alpha value is -1.55. The SMILES string of the molecule is Oc1ccccc1SCc1cnccn1. The van der Waals surface area contributed by atoms with Gasteiger partial charge in [0.25, 0.3) is 0 Å². The molecule has 0 aliphatic carbocycles. The molecule has 0 amide bonds. The number of hydrogen-bond acceptors (Lipinski definition) is 4. The summed E-state index contributed by atoms with van der Waals surface area (Å²) < 4.78 is 0. The maximum Gasteiger partial charge on any atom is 0.129 e. The van der Waals surface area contributed by atoms with Crippen molar-refractivity contribution in [2.45, 2.75) is 10.6 Å². The van der Waals surface area contributed by atoms with Crippen molar-refractivity contribution in [1.82, 2.24) is 9.97 Å². The first kappa shape index (κ1) is 9.98. The number of hydrogen-bond donors (Lipinski definition) is 1. The molecule has 0 unspecified atom stereocenters. The highest BCUT2D eigenvalue weighted by molar-refractivity contribution is 7.98. The van der Waals surface area contributed by atoms with E-state index in [1.165, 1.54) is 0 Å². The zero-order chi connectivity index (χ0) is 10.5. The monoisotopic (exact) mass is 218 g/mol. The predicted octanol–water partition coefficient (Wildman–Crippen LogP) is 2.47. The Kier molecular flexibility index (Phi) is 3.19. The molecule has 0 aliphatic heterocycles. The Morgan fingerprint density at radius 3 is 2.80 bits per heavy atom. The zero-order valence-electron chi connectivity index (χ0n) is 8.00. The molecule has 0 fully saturated rings. The molecule has 15 heavy (non-hydrogen) atoms. The third kappa shape index (κ3) is 2.70. The third-order valence-corrected chi connectivity index (χ3v) is 2.95. The van der Waals surface area contributed by atoms with E-state index < -0.39 is 0 Å². The number of rotatable bonds is 3. The van der Waals surface area contributed by atoms with E-state index in [1.807, 2.05) is 18.2 Å². The summed E-state index contributed by atoms with van der Waals surface area (Å²) in [7, 11) is 0. The van der Waals surface area contributed by atoms with E-state index in [0.717, 1.165) is 10.6 Å². The Balaban J connectivity index is 2.03. The van der Waals surface area contributed by atoms with Crippen LogP contribution in [0.25, 0.3) is 0 Å². The molecule has 3 nitrogen and oxygen atoms in total. The van der Waals surface area contributed by atoms with Crippen LogP contribution in [-0.4, -0.2) is 15.1 Å². The molecular weight excluding hydrogens is 208 g/mol. The fourth-order valence-corrected chi connectivity index (χ4v) is 1.98. The van der Waals surface area contributed by atoms with Gasteiger partial charge in [-0.1, -0.05) is 12.1 Å². The summed E-state index contributed by atoms with van der Waals surface area (Å²) >= 11 is 1.55. The first-order valence-corrected chi connectivity index (χ1v) is 5.50. The predicted molar refractivity (Wildman–Crippen MR) is 59.7 cm³/mol. The van der Waals surface area contributed by atoms with Gasteiger partial charge in [-0.05, 0) is 12.1 Å². The van der Waals surface area contributed by atoms with Crippen LogP contribution in [-0.2, 0) is 5.75 Å². The average Bonchev–Trinajstić information content (AvgIpc) is 2.29. The Labute approximate surface area is 92.2 Å². The fourth-order valence-electron chi connectivity index (χ4n) is 1.14. The van der Waals surface area contributed by atoms with Crippen LogP contribution in [0.2, 0.25) is 0 Å². The number of nitrogens with zero attached hydrogens (tertiary/aromatic N) is 2. The van der Waals surface area contributed by atoms with E-state index in [9.17, 15) is 5.11 Å². The van der Waals surface area contributed by atoms with Crippen molar-refractivity contribution >= 4 is 11.8 Å². The number of para-hydroxylation sites is 1. The van der Waals surface area contributed by atoms with Crippen molar-refractivity contribution in [2.75, 3.05) is 0 Å². The Morgan fingerprint density at radius 1 is 1.20 bits per heavy atom. The van der Waals surface area contributed by atoms with Gasteiger partial charge in [-0.2, -0.15) is 0 Å². The molecule has 0 atom stereocenters. The number of aromatic nitrogens is 2. The first-order chi connectivity index (χ1) is 7.36. The molecule has 1 heterocycles. The van der Waals surface area contributed by atoms with Gasteiger partial charge in [0.15, 0.2) is 0 Å². The van der Waals surface area contributed by atoms with Crippen LogP contribution in [0.5, 0.6) is 5.75 Å². The van der Waals surface area contributed by atoms with Gasteiger partial charge in [0, 0.05) is 29.2 Å². The molecule has 1 aromatic heterocycles. The standard InChI is InChI=1S/C11H10N2OS/c14-10-3-1-2-4-11(10)15-8-9-7-12-5-6-13-9/h1-7,14H,8H2. The van der Waals surface area contributed by atoms with Crippen LogP contribution in [0.1, 0.15) is 5.69 Å². The lowest BCUT2D eigenvalue weighted by molar-refractivity contribution is 0.462. The summed E-state index contributed by atoms with van der Waals surface area (Å²) in [5, 5.41) is 9.53. The molecule has 1 aromatic carbocycles. The fraction of sp³-hybridized carbons (Fsp3) is 0.0909. The van der Waals surface area contributed by atoms with Gasteiger partial charge in [0.1, 0.15) is 5.75 Å². The van der Waals surface area contributed by atoms with Crippen LogP contribution < -0.4 is 0 Å². The molecule has 2 rings (SSSR count). The summed E-state index contributed by atoms with van der Waals surface area (Å²) in [6, 6.07) is 7.27. The zero-order valence-corrected chi connectivity index (χ0v) is 8.81. The highest BCUT2D eigenvalue weighted by atomic mass is 32.2. The van der Waals surface area contributed by atoms with Crippen molar-refractivity contribution in [3.63, 3.8) is 0 Å². The van der Waals surface area contributed by atoms with Crippen molar-refractivity contribution < 1.29 is 5.11 Å². The molecule has 0 saturated heterocycles. The molecular formula is C11H10N2OS. The number of phenols is 1. The van der Waals surface area contributed by atoms with Gasteiger partial charge in [0.05, 0.1) is 5.69 Å². The van der Waals surface area contributed by atoms with Gasteiger partial charge in [-0.15, -0.1) is 11.8 Å². The molecule has 1 N–H and O–H groups in total. The number of phenolic OH excluding ortho intramolecular Hbond substituents is 1. The molecule has 0 saturated carbocycles. The maximum absolute atomic E-state index is 9.53. The minimum atomic E-state index is 0.311. The quantitative estimate of drug-likeness (QED) is 0.804. The van der Waals surface area contributed by atoms with E-state index in [2.05, 4.69) is 9.97 Å². The largest absolute Gasteiger partial charge is 0.507 e. The molecule has 0 radical (unpaired) electrons. The lowest BCUT2D eigenvalue weighted by Crippen LogP contribution is -1.86. The minimum absolute atomic E-state index is 0.311. The maximum atomic E-state index is 9.53. The van der Waals surface area contributed by atoms with Crippen LogP contribution in [0.3, 0.4) is 0 Å². The van der Waals surface area contributed by atoms with E-state index in [-0.39, 0.29) is 0 Å². The van der Waals surface area contributed by atoms with E-state index in [4.69, 9.17) is 0 Å². The molecule has 4 heteroatoms. The number of benzene rings is 1. The van der Waals surface area contributed by atoms with Crippen molar-refractivity contribution in [2.24, 2.45) is 0 Å². The van der Waals surface area contributed by atoms with E-state index >= 15 is 0 Å². The second-order valence-corrected chi connectivity index (χ2v) is 3.97. The molecule has 0 aliphatic rings. The summed E-state index contributed by atoms with van der Waals surface area (Å²) in [6.07, 6.45) is 5.04. The van der Waals surface area contributed by atoms with E-state index in [1.54, 1.807) is 36.4 Å². The Morgan fingerprint density at radius 2 is 2.07 bits per heavy atom. The summed E-state index contributed by atoms with van der Waals surface area (Å²) in [5.74, 6) is 1.03. The van der Waals surface area contributed by atoms with Crippen molar-refractivity contribution in [3.8, 4) is 5.75 Å². The third-order valence-electron chi connectivity index (χ3n) is 1.86. The first-order valence-electron chi connectivity index (χ1n) is 4.52. The lowest BCUT2D eigenvalue weighted by Gasteiger charge is -2.02. The second kappa shape index (κ2) is 4.79. The van der Waals surface area contributed by atoms with Crippen LogP contribution >= 0.6 is 11.8 Å². The van der Waals surface area contributed by atoms with Gasteiger partial charge >= 0.3 is 0 Å². The van der Waals surface area contributed by atoms with Gasteiger partial charge < -0.3 is 5.11 Å². The van der Waals surface area contributed by atoms with Crippen LogP contribution in [0, 0.1) is 0 Å². The number of aromatic hydroxyl groups is 1. The summed E-state index contributed by atoms with van der Waals surface area (Å²) in [4.78, 5) is 9.00. The van der Waals surface area contributed by atoms with E-state index in [0.29, 0.717) is 11.5 Å². The smallest absolute Gasteiger partial charge is 0.129 e. The molecule has 2 aromatic rings. The molecule has 0 bridgehead atoms. The average molecular weight is 218 g/mol. The van der Waals surface area contributed by atoms with Crippen LogP contribution in [0.4, 0.5) is 0 Å². The van der Waals surface area contributed by atoms with Gasteiger partial charge in [-0.25, -0.2) is 0 Å². The van der Waals surface area contributed by atoms with Crippen molar-refractivity contribution in [3.05, 3.63) is 48.5 Å². The van der Waals surface area contributed by atoms with Crippen molar-refractivity contribution in [1.29, 1.82) is 0 Å². The number of thioether (sulfide) groups is 1. The normalized spacial score (nSPS) is 10.1. The summed E-state index contributed by atoms with van der Waals surface area (Å²) in [6.45, 7) is 0. The highest BCUT2D eigenvalue weighted by Crippen LogP contribution is 2.29. The van der Waals surface area contributed by atoms with Crippen LogP contribution in [0.15, 0.2) is 47.8 Å². The van der Waals surface area contributed by atoms with Gasteiger partial charge in [-0.3, -0.25) is 9.97 Å². The second-order valence-electron chi connectivity index (χ2n) is 2.95. The highest BCUT2D eigenvalue weighted by Gasteiger charge is 2.01. The lowest BCUT2D eigenvalue weighted by atomic mass is 10.3. The molecule has 76 valence electrons. The van der Waals surface area contributed by atoms with Gasteiger partial charge in [0.2, 0.25) is 0 Å². The molecule has 0 spiro atoms. The summed E-state index contributed by atoms with van der Waals surface area (Å²) in [5.41, 5.74) is 0.908. The topological polar surface area (TPSA) is 46.0 Å². The Bertz CT molecular complexity index is 434.